The molecule has 0 aliphatic carbocycles. The van der Waals surface area contributed by atoms with E-state index in [2.05, 4.69) is 39.9 Å². The van der Waals surface area contributed by atoms with Crippen LogP contribution in [0.25, 0.3) is 22.3 Å². The summed E-state index contributed by atoms with van der Waals surface area (Å²) in [4.78, 5) is 121. The van der Waals surface area contributed by atoms with Gasteiger partial charge < -0.3 is 65.7 Å². The van der Waals surface area contributed by atoms with Crippen molar-refractivity contribution in [1.82, 2.24) is 58.1 Å². The first-order valence-electron chi connectivity index (χ1n) is 24.2. The number of H-pyrrole nitrogens is 1. The molecule has 43 heteroatoms. The Bertz CT molecular complexity index is 3730. The number of aliphatic hydroxyl groups is 1. The fourth-order valence-corrected chi connectivity index (χ4v) is 12.9. The zero-order valence-electron chi connectivity index (χ0n) is 42.1. The third-order valence-electron chi connectivity index (χ3n) is 13.2. The number of hydrogen-bond donors (Lipinski definition) is 10. The molecule has 446 valence electrons. The van der Waals surface area contributed by atoms with Gasteiger partial charge in [-0.3, -0.25) is 59.7 Å². The molecule has 0 amide bonds. The number of rotatable bonds is 22. The molecule has 0 spiro atoms. The van der Waals surface area contributed by atoms with Crippen LogP contribution in [-0.2, 0) is 68.9 Å². The van der Waals surface area contributed by atoms with E-state index in [4.69, 9.17) is 67.8 Å². The van der Waals surface area contributed by atoms with Gasteiger partial charge in [-0.15, -0.1) is 0 Å². The number of nitrogen functional groups attached to an aromatic ring is 3. The molecule has 13 N–H and O–H groups in total. The van der Waals surface area contributed by atoms with Gasteiger partial charge in [0.1, 0.15) is 103 Å². The quantitative estimate of drug-likeness (QED) is 0.0352. The molecule has 4 aliphatic heterocycles. The predicted octanol–water partition coefficient (Wildman–Crippen LogP) is -1.34. The van der Waals surface area contributed by atoms with Gasteiger partial charge in [-0.1, -0.05) is 0 Å². The topological polar surface area (TPSA) is 546 Å². The van der Waals surface area contributed by atoms with E-state index in [0.717, 1.165) is 21.8 Å². The average molecular weight is 1240 g/mol. The Hall–Kier alpha value is -5.70. The second kappa shape index (κ2) is 23.4. The van der Waals surface area contributed by atoms with Gasteiger partial charge in [-0.05, 0) is 13.0 Å². The lowest BCUT2D eigenvalue weighted by atomic mass is 10.2. The van der Waals surface area contributed by atoms with Crippen molar-refractivity contribution in [2.45, 2.75) is 106 Å². The summed E-state index contributed by atoms with van der Waals surface area (Å²) in [6, 6.07) is 1.23. The molecule has 4 aliphatic rings. The highest BCUT2D eigenvalue weighted by molar-refractivity contribution is 7.48. The smallest absolute Gasteiger partial charge is 0.394 e. The molecule has 0 aromatic carbocycles. The number of nitrogens with zero attached hydrogens (tertiary/aromatic N) is 11. The maximum absolute atomic E-state index is 14.0. The molecular formula is C39H51N15O24P4. The monoisotopic (exact) mass is 1240 g/mol. The number of imidazole rings is 2. The van der Waals surface area contributed by atoms with Gasteiger partial charge in [-0.2, -0.15) is 4.98 Å². The summed E-state index contributed by atoms with van der Waals surface area (Å²) < 4.78 is 119. The second-order valence-electron chi connectivity index (χ2n) is 18.7. The van der Waals surface area contributed by atoms with Crippen LogP contribution in [0.4, 0.5) is 17.5 Å². The van der Waals surface area contributed by atoms with Crippen molar-refractivity contribution in [3.63, 3.8) is 0 Å². The van der Waals surface area contributed by atoms with Crippen molar-refractivity contribution >= 4 is 71.1 Å². The molecule has 0 saturated carbocycles. The molecule has 10 rings (SSSR count). The number of aromatic amines is 1. The molecule has 10 heterocycles. The summed E-state index contributed by atoms with van der Waals surface area (Å²) in [6.45, 7) is -2.12. The van der Waals surface area contributed by atoms with Gasteiger partial charge in [0.25, 0.3) is 5.56 Å². The Balaban J connectivity index is 0.835. The lowest BCUT2D eigenvalue weighted by molar-refractivity contribution is -0.0629. The first-order valence-corrected chi connectivity index (χ1v) is 30.2. The van der Waals surface area contributed by atoms with Crippen LogP contribution in [0.2, 0.25) is 0 Å². The lowest BCUT2D eigenvalue weighted by Gasteiger charge is -2.25. The van der Waals surface area contributed by atoms with Crippen LogP contribution < -0.4 is 34.1 Å². The van der Waals surface area contributed by atoms with Crippen LogP contribution in [0.15, 0.2) is 58.2 Å². The number of anilines is 3. The van der Waals surface area contributed by atoms with Crippen molar-refractivity contribution in [1.29, 1.82) is 0 Å². The van der Waals surface area contributed by atoms with Crippen LogP contribution in [0.3, 0.4) is 0 Å². The summed E-state index contributed by atoms with van der Waals surface area (Å²) >= 11 is 0. The number of aliphatic hydroxyl groups excluding tert-OH is 1. The van der Waals surface area contributed by atoms with Crippen molar-refractivity contribution in [3.8, 4) is 0 Å². The first kappa shape index (κ1) is 59.5. The molecule has 82 heavy (non-hydrogen) atoms. The maximum atomic E-state index is 14.0. The summed E-state index contributed by atoms with van der Waals surface area (Å²) in [6.07, 6.45) is -10.9. The minimum atomic E-state index is -5.40. The summed E-state index contributed by atoms with van der Waals surface area (Å²) in [5.74, 6) is -0.166. The van der Waals surface area contributed by atoms with Crippen LogP contribution >= 0.6 is 31.3 Å². The van der Waals surface area contributed by atoms with Gasteiger partial charge in [0, 0.05) is 43.6 Å². The number of ether oxygens (including phenoxy) is 4. The van der Waals surface area contributed by atoms with Gasteiger partial charge in [0.2, 0.25) is 0 Å². The third-order valence-corrected chi connectivity index (χ3v) is 16.8. The number of aryl methyl sites for hydroxylation is 1. The second-order valence-corrected chi connectivity index (χ2v) is 24.1. The molecule has 4 fully saturated rings. The number of phosphoric ester groups is 4. The number of phosphoric acid groups is 4. The Morgan fingerprint density at radius 3 is 1.45 bits per heavy atom. The molecule has 4 saturated heterocycles. The Labute approximate surface area is 457 Å². The minimum absolute atomic E-state index is 0.0121. The standard InChI is InChI=1S/C39H51N15O24P4/c1-17-8-52(39(58)50-37(17)56)28-4-18(22(9-55)71-28)76-80(62,63)69-12-25-21(7-30(74-25)54-16-48-32-34(42)44-14-46-36(32)54)78-82(66,67)70-11-24-20(6-27(72-24)51-3-2-26(40)49-38(51)57)77-81(64,65)68-10-23-19(75-79(59,60)61)5-29(73-23)53-15-47-31-33(41)43-13-45-35(31)53/h2-3,8,13-16,18-25,27-30,55H,4-7,9-12H2,1H3,(H,62,63)(H,64,65)(H,66,67)(H2,40,49,57)(H2,41,43,45)(H2,42,44,46)(H,50,56,58)(H2,59,60,61)/t18-,19-,20-,21-,22+,23+,24+,25+,27+,28+,29+,30+/m0/s1. The zero-order chi connectivity index (χ0) is 58.6. The normalized spacial score (nSPS) is 29.1. The Kier molecular flexibility index (Phi) is 17.0. The highest BCUT2D eigenvalue weighted by Gasteiger charge is 2.49. The summed E-state index contributed by atoms with van der Waals surface area (Å²) in [5, 5.41) is 10.1. The van der Waals surface area contributed by atoms with Crippen LogP contribution in [0.1, 0.15) is 56.2 Å². The fourth-order valence-electron chi connectivity index (χ4n) is 9.43. The highest BCUT2D eigenvalue weighted by Crippen LogP contribution is 2.54. The third kappa shape index (κ3) is 13.3. The number of hydrogen-bond acceptors (Lipinski definition) is 29. The van der Waals surface area contributed by atoms with E-state index >= 15 is 0 Å². The van der Waals surface area contributed by atoms with Crippen molar-refractivity contribution in [3.05, 3.63) is 80.7 Å². The number of aromatic nitrogens is 12. The van der Waals surface area contributed by atoms with Crippen LogP contribution in [-0.4, -0.2) is 163 Å². The minimum Gasteiger partial charge on any atom is -0.394 e. The molecule has 0 bridgehead atoms. The van der Waals surface area contributed by atoms with Gasteiger partial charge in [0.05, 0.1) is 39.1 Å². The van der Waals surface area contributed by atoms with E-state index < -0.39 is 155 Å². The zero-order valence-corrected chi connectivity index (χ0v) is 45.7. The number of fused-ring (bicyclic) bond motifs is 2. The van der Waals surface area contributed by atoms with E-state index in [9.17, 15) is 62.2 Å². The molecular weight excluding hydrogens is 1190 g/mol. The van der Waals surface area contributed by atoms with Crippen molar-refractivity contribution in [2.75, 3.05) is 43.6 Å². The van der Waals surface area contributed by atoms with Gasteiger partial charge in [0.15, 0.2) is 22.9 Å². The van der Waals surface area contributed by atoms with Crippen LogP contribution in [0, 0.1) is 6.92 Å². The van der Waals surface area contributed by atoms with E-state index in [1.165, 1.54) is 47.2 Å². The molecule has 0 radical (unpaired) electrons. The van der Waals surface area contributed by atoms with Crippen molar-refractivity contribution in [2.24, 2.45) is 0 Å². The average Bonchev–Trinajstić information content (AvgIpc) is 4.44. The number of nitrogens with two attached hydrogens (primary N) is 3. The summed E-state index contributed by atoms with van der Waals surface area (Å²) in [5.41, 5.74) is 15.9. The SMILES string of the molecule is Cc1cn([C@H]2C[C@H](OP(=O)(O)OC[C@H]3O[C@@H](n4cnc5c(N)ncnc54)C[C@@H]3OP(=O)(O)OC[C@H]3O[C@@H](n4ccc(N)nc4=O)C[C@@H]3OP(=O)(O)OC[C@H]3O[C@@H](n4cnc5c(N)ncnc54)C[C@@H]3OP(=O)(O)O)[C@@H](CO)O2)c(=O)[nH]c1=O. The van der Waals surface area contributed by atoms with Gasteiger partial charge in [-0.25, -0.2) is 57.8 Å². The Morgan fingerprint density at radius 1 is 0.598 bits per heavy atom. The van der Waals surface area contributed by atoms with E-state index in [1.807, 2.05) is 0 Å². The largest absolute Gasteiger partial charge is 0.472 e. The lowest BCUT2D eigenvalue weighted by Crippen LogP contribution is -2.33. The fraction of sp³-hybridized carbons (Fsp3) is 0.538. The molecule has 3 unspecified atom stereocenters. The molecule has 15 atom stereocenters. The molecule has 6 aromatic heterocycles. The van der Waals surface area contributed by atoms with E-state index in [1.54, 1.807) is 0 Å². The van der Waals surface area contributed by atoms with Gasteiger partial charge >= 0.3 is 42.7 Å². The van der Waals surface area contributed by atoms with E-state index in [0.29, 0.717) is 0 Å². The maximum Gasteiger partial charge on any atom is 0.472 e. The predicted molar refractivity (Wildman–Crippen MR) is 269 cm³/mol. The first-order chi connectivity index (χ1) is 38.7. The summed E-state index contributed by atoms with van der Waals surface area (Å²) in [7, 11) is -21.1. The molecule has 39 nitrogen and oxygen atoms in total. The number of nitrogens with one attached hydrogen (secondary N) is 1. The van der Waals surface area contributed by atoms with Crippen LogP contribution in [0.5, 0.6) is 0 Å². The Morgan fingerprint density at radius 2 is 1.01 bits per heavy atom. The molecule has 6 aromatic rings. The van der Waals surface area contributed by atoms with Crippen molar-refractivity contribution < 1.29 is 98.4 Å². The van der Waals surface area contributed by atoms with E-state index in [-0.39, 0.29) is 64.6 Å². The highest BCUT2D eigenvalue weighted by atomic mass is 31.2.